The maximum Gasteiger partial charge on any atom is 0.243 e. The zero-order chi connectivity index (χ0) is 8.53. The molecule has 4 nitrogen and oxygen atoms in total. The molecule has 0 rings (SSSR count). The normalized spacial score (nSPS) is 9.45. The Labute approximate surface area is 66.4 Å². The molecule has 0 saturated carbocycles. The molecule has 1 amide bonds. The molecule has 3 N–H and O–H groups in total. The first-order chi connectivity index (χ1) is 5.27. The summed E-state index contributed by atoms with van der Waals surface area (Å²) in [7, 11) is 0. The van der Waals surface area contributed by atoms with Crippen LogP contribution in [-0.2, 0) is 9.53 Å². The van der Waals surface area contributed by atoms with Gasteiger partial charge in [0, 0.05) is 13.1 Å². The van der Waals surface area contributed by atoms with Crippen molar-refractivity contribution in [3.8, 4) is 0 Å². The van der Waals surface area contributed by atoms with Crippen molar-refractivity contribution >= 4 is 5.91 Å². The van der Waals surface area contributed by atoms with Crippen molar-refractivity contribution in [2.45, 2.75) is 0 Å². The number of nitrogens with two attached hydrogens (primary N) is 1. The lowest BCUT2D eigenvalue weighted by atomic mass is 10.6. The first kappa shape index (κ1) is 10.1. The van der Waals surface area contributed by atoms with Gasteiger partial charge in [-0.15, -0.1) is 6.58 Å². The highest BCUT2D eigenvalue weighted by Crippen LogP contribution is 1.71. The molecule has 0 aromatic carbocycles. The van der Waals surface area contributed by atoms with Crippen LogP contribution in [0.5, 0.6) is 0 Å². The van der Waals surface area contributed by atoms with Gasteiger partial charge in [-0.25, -0.2) is 0 Å². The summed E-state index contributed by atoms with van der Waals surface area (Å²) in [5, 5.41) is 3.01. The fourth-order valence-electron chi connectivity index (χ4n) is 0.521. The first-order valence-corrected chi connectivity index (χ1v) is 3.45. The van der Waals surface area contributed by atoms with E-state index in [0.717, 1.165) is 6.54 Å². The number of hydrogen-bond donors (Lipinski definition) is 2. The van der Waals surface area contributed by atoms with Gasteiger partial charge in [-0.1, -0.05) is 6.08 Å². The summed E-state index contributed by atoms with van der Waals surface area (Å²) in [5.41, 5.74) is 4.83. The second kappa shape index (κ2) is 7.24. The minimum atomic E-state index is -0.436. The van der Waals surface area contributed by atoms with Crippen LogP contribution in [0.25, 0.3) is 0 Å². The third-order valence-electron chi connectivity index (χ3n) is 0.956. The maximum atomic E-state index is 10.1. The zero-order valence-corrected chi connectivity index (χ0v) is 6.51. The number of primary amides is 1. The fraction of sp³-hybridized carbons (Fsp3) is 0.571. The Morgan fingerprint density at radius 2 is 2.45 bits per heavy atom. The lowest BCUT2D eigenvalue weighted by molar-refractivity contribution is -0.122. The average Bonchev–Trinajstić information content (AvgIpc) is 1.96. The van der Waals surface area contributed by atoms with Gasteiger partial charge >= 0.3 is 0 Å². The Balaban J connectivity index is 2.90. The van der Waals surface area contributed by atoms with E-state index in [-0.39, 0.29) is 6.61 Å². The van der Waals surface area contributed by atoms with Crippen molar-refractivity contribution in [1.29, 1.82) is 0 Å². The number of carbonyl (C=O) groups excluding carboxylic acids is 1. The van der Waals surface area contributed by atoms with Crippen molar-refractivity contribution < 1.29 is 9.53 Å². The SMILES string of the molecule is C=CCNCCOCC(N)=O. The lowest BCUT2D eigenvalue weighted by Gasteiger charge is -2.01. The van der Waals surface area contributed by atoms with Gasteiger partial charge in [0.2, 0.25) is 5.91 Å². The van der Waals surface area contributed by atoms with Crippen LogP contribution in [0.1, 0.15) is 0 Å². The minimum absolute atomic E-state index is 0.00420. The molecule has 0 aliphatic heterocycles. The van der Waals surface area contributed by atoms with Crippen molar-refractivity contribution in [2.24, 2.45) is 5.73 Å². The van der Waals surface area contributed by atoms with Crippen molar-refractivity contribution in [2.75, 3.05) is 26.3 Å². The number of hydrogen-bond acceptors (Lipinski definition) is 3. The number of ether oxygens (including phenoxy) is 1. The largest absolute Gasteiger partial charge is 0.370 e. The van der Waals surface area contributed by atoms with Gasteiger partial charge in [0.05, 0.1) is 6.61 Å². The second-order valence-electron chi connectivity index (χ2n) is 2.01. The Morgan fingerprint density at radius 3 is 3.00 bits per heavy atom. The lowest BCUT2D eigenvalue weighted by Crippen LogP contribution is -2.23. The summed E-state index contributed by atoms with van der Waals surface area (Å²) in [6, 6.07) is 0. The predicted molar refractivity (Wildman–Crippen MR) is 43.1 cm³/mol. The molecular formula is C7H14N2O2. The second-order valence-corrected chi connectivity index (χ2v) is 2.01. The molecule has 0 heterocycles. The Morgan fingerprint density at radius 1 is 1.73 bits per heavy atom. The smallest absolute Gasteiger partial charge is 0.243 e. The molecule has 0 atom stereocenters. The summed E-state index contributed by atoms with van der Waals surface area (Å²) >= 11 is 0. The molecule has 0 aliphatic rings. The summed E-state index contributed by atoms with van der Waals surface area (Å²) in [5.74, 6) is -0.436. The van der Waals surface area contributed by atoms with Gasteiger partial charge in [0.15, 0.2) is 0 Å². The van der Waals surface area contributed by atoms with Crippen LogP contribution >= 0.6 is 0 Å². The third kappa shape index (κ3) is 9.13. The van der Waals surface area contributed by atoms with Gasteiger partial charge in [-0.05, 0) is 0 Å². The molecule has 0 spiro atoms. The third-order valence-corrected chi connectivity index (χ3v) is 0.956. The summed E-state index contributed by atoms with van der Waals surface area (Å²) in [6.45, 7) is 5.48. The minimum Gasteiger partial charge on any atom is -0.370 e. The summed E-state index contributed by atoms with van der Waals surface area (Å²) in [6.07, 6.45) is 1.76. The topological polar surface area (TPSA) is 64.3 Å². The molecule has 0 bridgehead atoms. The van der Waals surface area contributed by atoms with Crippen LogP contribution in [0.4, 0.5) is 0 Å². The van der Waals surface area contributed by atoms with Gasteiger partial charge in [0.1, 0.15) is 6.61 Å². The molecule has 4 heteroatoms. The molecule has 11 heavy (non-hydrogen) atoms. The van der Waals surface area contributed by atoms with Gasteiger partial charge in [-0.3, -0.25) is 4.79 Å². The molecule has 0 unspecified atom stereocenters. The monoisotopic (exact) mass is 158 g/mol. The highest BCUT2D eigenvalue weighted by Gasteiger charge is 1.91. The molecule has 0 aromatic rings. The highest BCUT2D eigenvalue weighted by molar-refractivity contribution is 5.74. The molecule has 0 fully saturated rings. The van der Waals surface area contributed by atoms with Crippen LogP contribution < -0.4 is 11.1 Å². The number of carbonyl (C=O) groups is 1. The molecule has 64 valence electrons. The van der Waals surface area contributed by atoms with Gasteiger partial charge in [-0.2, -0.15) is 0 Å². The van der Waals surface area contributed by atoms with E-state index in [1.165, 1.54) is 0 Å². The molecule has 0 saturated heterocycles. The quantitative estimate of drug-likeness (QED) is 0.379. The summed E-state index contributed by atoms with van der Waals surface area (Å²) < 4.78 is 4.87. The van der Waals surface area contributed by atoms with Gasteiger partial charge in [0.25, 0.3) is 0 Å². The molecule has 0 aromatic heterocycles. The van der Waals surface area contributed by atoms with Gasteiger partial charge < -0.3 is 15.8 Å². The van der Waals surface area contributed by atoms with Crippen LogP contribution in [0.3, 0.4) is 0 Å². The van der Waals surface area contributed by atoms with E-state index in [4.69, 9.17) is 10.5 Å². The standard InChI is InChI=1S/C7H14N2O2/c1-2-3-9-4-5-11-6-7(8)10/h2,9H,1,3-6H2,(H2,8,10). The van der Waals surface area contributed by atoms with E-state index >= 15 is 0 Å². The van der Waals surface area contributed by atoms with E-state index in [1.807, 2.05) is 0 Å². The van der Waals surface area contributed by atoms with Crippen molar-refractivity contribution in [3.05, 3.63) is 12.7 Å². The zero-order valence-electron chi connectivity index (χ0n) is 6.51. The Hall–Kier alpha value is -0.870. The highest BCUT2D eigenvalue weighted by atomic mass is 16.5. The van der Waals surface area contributed by atoms with E-state index in [1.54, 1.807) is 6.08 Å². The average molecular weight is 158 g/mol. The first-order valence-electron chi connectivity index (χ1n) is 3.45. The van der Waals surface area contributed by atoms with Crippen LogP contribution in [0, 0.1) is 0 Å². The van der Waals surface area contributed by atoms with E-state index in [0.29, 0.717) is 13.2 Å². The van der Waals surface area contributed by atoms with E-state index < -0.39 is 5.91 Å². The summed E-state index contributed by atoms with van der Waals surface area (Å²) in [4.78, 5) is 10.1. The van der Waals surface area contributed by atoms with Crippen molar-refractivity contribution in [1.82, 2.24) is 5.32 Å². The van der Waals surface area contributed by atoms with Crippen molar-refractivity contribution in [3.63, 3.8) is 0 Å². The number of nitrogens with one attached hydrogen (secondary N) is 1. The number of rotatable bonds is 7. The maximum absolute atomic E-state index is 10.1. The molecule has 0 aliphatic carbocycles. The van der Waals surface area contributed by atoms with E-state index in [9.17, 15) is 4.79 Å². The Bertz CT molecular complexity index is 126. The van der Waals surface area contributed by atoms with Crippen LogP contribution in [0.2, 0.25) is 0 Å². The fourth-order valence-corrected chi connectivity index (χ4v) is 0.521. The van der Waals surface area contributed by atoms with Crippen LogP contribution in [-0.4, -0.2) is 32.2 Å². The number of amides is 1. The predicted octanol–water partition coefficient (Wildman–Crippen LogP) is -0.736. The van der Waals surface area contributed by atoms with E-state index in [2.05, 4.69) is 11.9 Å². The molecule has 0 radical (unpaired) electrons. The molecular weight excluding hydrogens is 144 g/mol. The Kier molecular flexibility index (Phi) is 6.67. The van der Waals surface area contributed by atoms with Crippen LogP contribution in [0.15, 0.2) is 12.7 Å².